The smallest absolute Gasteiger partial charge is 0.433 e. The Bertz CT molecular complexity index is 623. The molecular weight excluding hydrogens is 282 g/mol. The lowest BCUT2D eigenvalue weighted by molar-refractivity contribution is -0.402. The van der Waals surface area contributed by atoms with Gasteiger partial charge < -0.3 is 9.15 Å². The second kappa shape index (κ2) is 5.96. The molecule has 0 saturated heterocycles. The van der Waals surface area contributed by atoms with E-state index >= 15 is 0 Å². The van der Waals surface area contributed by atoms with E-state index in [2.05, 4.69) is 0 Å². The summed E-state index contributed by atoms with van der Waals surface area (Å²) in [6, 6.07) is 8.44. The van der Waals surface area contributed by atoms with Crippen LogP contribution in [0.15, 0.2) is 34.7 Å². The Morgan fingerprint density at radius 2 is 2.15 bits per heavy atom. The van der Waals surface area contributed by atoms with Gasteiger partial charge in [0.05, 0.1) is 12.7 Å². The molecule has 0 aliphatic heterocycles. The van der Waals surface area contributed by atoms with Crippen molar-refractivity contribution in [1.82, 2.24) is 0 Å². The monoisotopic (exact) mass is 295 g/mol. The molecule has 0 aliphatic rings. The SMILES string of the molecule is CCOc1ccc(C)cc1C(Cl)c1ccc([N+](=O)[O-])o1. The Labute approximate surface area is 121 Å². The van der Waals surface area contributed by atoms with E-state index in [9.17, 15) is 10.1 Å². The molecule has 1 atom stereocenters. The highest BCUT2D eigenvalue weighted by Crippen LogP contribution is 2.37. The van der Waals surface area contributed by atoms with Crippen LogP contribution >= 0.6 is 11.6 Å². The van der Waals surface area contributed by atoms with Crippen molar-refractivity contribution in [3.8, 4) is 5.75 Å². The van der Waals surface area contributed by atoms with Crippen molar-refractivity contribution in [2.45, 2.75) is 19.2 Å². The van der Waals surface area contributed by atoms with Crippen LogP contribution in [0.2, 0.25) is 0 Å². The van der Waals surface area contributed by atoms with E-state index < -0.39 is 10.3 Å². The predicted octanol–water partition coefficient (Wildman–Crippen LogP) is 4.22. The van der Waals surface area contributed by atoms with E-state index in [1.807, 2.05) is 32.0 Å². The molecule has 106 valence electrons. The zero-order chi connectivity index (χ0) is 14.7. The van der Waals surface area contributed by atoms with Crippen LogP contribution in [0.5, 0.6) is 5.75 Å². The predicted molar refractivity (Wildman–Crippen MR) is 75.4 cm³/mol. The van der Waals surface area contributed by atoms with E-state index in [0.29, 0.717) is 18.1 Å². The van der Waals surface area contributed by atoms with Gasteiger partial charge in [0.25, 0.3) is 0 Å². The summed E-state index contributed by atoms with van der Waals surface area (Å²) in [5.74, 6) is 0.651. The molecule has 0 spiro atoms. The maximum Gasteiger partial charge on any atom is 0.433 e. The standard InChI is InChI=1S/C14H14ClNO4/c1-3-19-11-5-4-9(2)8-10(11)14(15)12-6-7-13(20-12)16(17)18/h4-8,14H,3H2,1-2H3. The van der Waals surface area contributed by atoms with Crippen LogP contribution in [0.1, 0.15) is 29.2 Å². The van der Waals surface area contributed by atoms with Crippen molar-refractivity contribution in [2.24, 2.45) is 0 Å². The Morgan fingerprint density at radius 3 is 2.75 bits per heavy atom. The van der Waals surface area contributed by atoms with Gasteiger partial charge in [-0.1, -0.05) is 17.7 Å². The van der Waals surface area contributed by atoms with E-state index in [-0.39, 0.29) is 5.88 Å². The summed E-state index contributed by atoms with van der Waals surface area (Å²) >= 11 is 6.37. The molecule has 0 amide bonds. The van der Waals surface area contributed by atoms with E-state index in [4.69, 9.17) is 20.8 Å². The van der Waals surface area contributed by atoms with Crippen LogP contribution in [0, 0.1) is 17.0 Å². The van der Waals surface area contributed by atoms with Crippen molar-refractivity contribution >= 4 is 17.5 Å². The molecule has 0 fully saturated rings. The zero-order valence-corrected chi connectivity index (χ0v) is 11.9. The molecule has 0 bridgehead atoms. The third-order valence-electron chi connectivity index (χ3n) is 2.78. The summed E-state index contributed by atoms with van der Waals surface area (Å²) in [6.07, 6.45) is 0. The number of furan rings is 1. The molecule has 0 radical (unpaired) electrons. The van der Waals surface area contributed by atoms with Gasteiger partial charge in [-0.3, -0.25) is 10.1 Å². The first-order chi connectivity index (χ1) is 9.52. The van der Waals surface area contributed by atoms with E-state index in [0.717, 1.165) is 11.1 Å². The van der Waals surface area contributed by atoms with Crippen LogP contribution in [-0.4, -0.2) is 11.5 Å². The van der Waals surface area contributed by atoms with Gasteiger partial charge in [-0.15, -0.1) is 11.6 Å². The Morgan fingerprint density at radius 1 is 1.40 bits per heavy atom. The molecule has 1 aromatic heterocycles. The van der Waals surface area contributed by atoms with Gasteiger partial charge in [-0.05, 0) is 26.0 Å². The number of nitro groups is 1. The number of ether oxygens (including phenoxy) is 1. The van der Waals surface area contributed by atoms with Crippen LogP contribution in [0.3, 0.4) is 0 Å². The molecule has 2 rings (SSSR count). The van der Waals surface area contributed by atoms with Crippen LogP contribution < -0.4 is 4.74 Å². The Kier molecular flexibility index (Phi) is 4.29. The fourth-order valence-corrected chi connectivity index (χ4v) is 2.17. The van der Waals surface area contributed by atoms with Crippen molar-refractivity contribution in [3.63, 3.8) is 0 Å². The van der Waals surface area contributed by atoms with Gasteiger partial charge in [0, 0.05) is 5.56 Å². The number of hydrogen-bond acceptors (Lipinski definition) is 4. The maximum absolute atomic E-state index is 10.6. The third-order valence-corrected chi connectivity index (χ3v) is 3.23. The third kappa shape index (κ3) is 2.93. The minimum atomic E-state index is -0.634. The lowest BCUT2D eigenvalue weighted by Gasteiger charge is -2.14. The molecule has 20 heavy (non-hydrogen) atoms. The summed E-state index contributed by atoms with van der Waals surface area (Å²) in [5, 5.41) is 10.0. The number of alkyl halides is 1. The number of nitrogens with zero attached hydrogens (tertiary/aromatic N) is 1. The molecule has 1 aromatic carbocycles. The topological polar surface area (TPSA) is 65.5 Å². The molecule has 1 heterocycles. The first-order valence-corrected chi connectivity index (χ1v) is 6.58. The molecule has 5 nitrogen and oxygen atoms in total. The van der Waals surface area contributed by atoms with Crippen molar-refractivity contribution in [3.05, 3.63) is 57.3 Å². The molecule has 0 N–H and O–H groups in total. The first kappa shape index (κ1) is 14.4. The molecule has 0 saturated carbocycles. The molecular formula is C14H14ClNO4. The number of hydrogen-bond donors (Lipinski definition) is 0. The van der Waals surface area contributed by atoms with Crippen LogP contribution in [0.4, 0.5) is 5.88 Å². The lowest BCUT2D eigenvalue weighted by atomic mass is 10.1. The minimum absolute atomic E-state index is 0.323. The van der Waals surface area contributed by atoms with Crippen molar-refractivity contribution in [2.75, 3.05) is 6.61 Å². The van der Waals surface area contributed by atoms with Crippen molar-refractivity contribution in [1.29, 1.82) is 0 Å². The summed E-state index contributed by atoms with van der Waals surface area (Å²) in [4.78, 5) is 10.1. The van der Waals surface area contributed by atoms with E-state index in [1.165, 1.54) is 12.1 Å². The Hall–Kier alpha value is -2.01. The molecule has 1 unspecified atom stereocenters. The lowest BCUT2D eigenvalue weighted by Crippen LogP contribution is -2.00. The van der Waals surface area contributed by atoms with Gasteiger partial charge in [0.1, 0.15) is 21.8 Å². The highest BCUT2D eigenvalue weighted by atomic mass is 35.5. The second-order valence-corrected chi connectivity index (χ2v) is 4.71. The number of aryl methyl sites for hydroxylation is 1. The normalized spacial score (nSPS) is 12.2. The highest BCUT2D eigenvalue weighted by Gasteiger charge is 2.22. The van der Waals surface area contributed by atoms with Crippen LogP contribution in [0.25, 0.3) is 0 Å². The quantitative estimate of drug-likeness (QED) is 0.470. The number of halogens is 1. The minimum Gasteiger partial charge on any atom is -0.494 e. The van der Waals surface area contributed by atoms with Crippen LogP contribution in [-0.2, 0) is 0 Å². The average molecular weight is 296 g/mol. The first-order valence-electron chi connectivity index (χ1n) is 6.14. The average Bonchev–Trinajstić information content (AvgIpc) is 2.90. The molecule has 0 aliphatic carbocycles. The largest absolute Gasteiger partial charge is 0.494 e. The molecule has 6 heteroatoms. The molecule has 2 aromatic rings. The van der Waals surface area contributed by atoms with Gasteiger partial charge in [-0.2, -0.15) is 0 Å². The highest BCUT2D eigenvalue weighted by molar-refractivity contribution is 6.22. The van der Waals surface area contributed by atoms with Gasteiger partial charge in [-0.25, -0.2) is 0 Å². The number of benzene rings is 1. The summed E-state index contributed by atoms with van der Waals surface area (Å²) < 4.78 is 10.7. The summed E-state index contributed by atoms with van der Waals surface area (Å²) in [7, 11) is 0. The maximum atomic E-state index is 10.6. The van der Waals surface area contributed by atoms with Gasteiger partial charge >= 0.3 is 5.88 Å². The second-order valence-electron chi connectivity index (χ2n) is 4.27. The van der Waals surface area contributed by atoms with Gasteiger partial charge in [0.2, 0.25) is 0 Å². The zero-order valence-electron chi connectivity index (χ0n) is 11.1. The summed E-state index contributed by atoms with van der Waals surface area (Å²) in [6.45, 7) is 4.33. The fraction of sp³-hybridized carbons (Fsp3) is 0.286. The fourth-order valence-electron chi connectivity index (χ4n) is 1.88. The summed E-state index contributed by atoms with van der Waals surface area (Å²) in [5.41, 5.74) is 1.76. The van der Waals surface area contributed by atoms with Gasteiger partial charge in [0.15, 0.2) is 0 Å². The number of rotatable bonds is 5. The Balaban J connectivity index is 2.38. The van der Waals surface area contributed by atoms with Crippen molar-refractivity contribution < 1.29 is 14.1 Å². The van der Waals surface area contributed by atoms with E-state index in [1.54, 1.807) is 0 Å².